The molecule has 102 valence electrons. The zero-order valence-corrected chi connectivity index (χ0v) is 14.1. The van der Waals surface area contributed by atoms with Gasteiger partial charge in [-0.15, -0.1) is 11.3 Å². The van der Waals surface area contributed by atoms with Gasteiger partial charge < -0.3 is 5.32 Å². The summed E-state index contributed by atoms with van der Waals surface area (Å²) in [6.07, 6.45) is 1.11. The lowest BCUT2D eigenvalue weighted by Crippen LogP contribution is -2.22. The number of rotatable bonds is 5. The zero-order chi connectivity index (χ0) is 13.8. The van der Waals surface area contributed by atoms with Crippen LogP contribution in [0.2, 0.25) is 0 Å². The summed E-state index contributed by atoms with van der Waals surface area (Å²) in [6.45, 7) is 7.52. The van der Waals surface area contributed by atoms with Crippen molar-refractivity contribution >= 4 is 27.3 Å². The van der Waals surface area contributed by atoms with Gasteiger partial charge in [-0.1, -0.05) is 41.9 Å². The summed E-state index contributed by atoms with van der Waals surface area (Å²) in [6, 6.07) is 11.2. The van der Waals surface area contributed by atoms with E-state index in [-0.39, 0.29) is 0 Å². The highest BCUT2D eigenvalue weighted by molar-refractivity contribution is 9.10. The smallest absolute Gasteiger partial charge is 0.0674 e. The molecule has 2 rings (SSSR count). The van der Waals surface area contributed by atoms with Crippen LogP contribution in [0.1, 0.15) is 40.8 Å². The van der Waals surface area contributed by atoms with Crippen molar-refractivity contribution in [3.8, 4) is 0 Å². The molecule has 0 aliphatic carbocycles. The minimum atomic E-state index is 0.299. The van der Waals surface area contributed by atoms with E-state index in [1.165, 1.54) is 25.4 Å². The van der Waals surface area contributed by atoms with Gasteiger partial charge in [0, 0.05) is 14.2 Å². The zero-order valence-electron chi connectivity index (χ0n) is 11.7. The Morgan fingerprint density at radius 2 is 2.00 bits per heavy atom. The average Bonchev–Trinajstić information content (AvgIpc) is 2.88. The summed E-state index contributed by atoms with van der Waals surface area (Å²) in [5.41, 5.74) is 2.68. The number of thiophene rings is 1. The van der Waals surface area contributed by atoms with Gasteiger partial charge in [-0.05, 0) is 49.2 Å². The summed E-state index contributed by atoms with van der Waals surface area (Å²) < 4.78 is 1.18. The van der Waals surface area contributed by atoms with Crippen LogP contribution >= 0.6 is 27.3 Å². The third-order valence-electron chi connectivity index (χ3n) is 3.34. The summed E-state index contributed by atoms with van der Waals surface area (Å²) in [7, 11) is 0. The monoisotopic (exact) mass is 337 g/mol. The number of halogens is 1. The summed E-state index contributed by atoms with van der Waals surface area (Å²) >= 11 is 5.55. The molecule has 3 heteroatoms. The predicted molar refractivity (Wildman–Crippen MR) is 88.1 cm³/mol. The minimum Gasteiger partial charge on any atom is -0.306 e. The molecule has 0 saturated carbocycles. The molecule has 1 aromatic heterocycles. The van der Waals surface area contributed by atoms with E-state index in [4.69, 9.17) is 0 Å². The van der Waals surface area contributed by atoms with Crippen LogP contribution in [0.15, 0.2) is 34.8 Å². The summed E-state index contributed by atoms with van der Waals surface area (Å²) in [4.78, 5) is 2.85. The maximum absolute atomic E-state index is 3.63. The second kappa shape index (κ2) is 6.69. The Kier molecular flexibility index (Phi) is 5.20. The van der Waals surface area contributed by atoms with Crippen LogP contribution in [0.5, 0.6) is 0 Å². The normalized spacial score (nSPS) is 12.6. The van der Waals surface area contributed by atoms with Crippen LogP contribution in [-0.2, 0) is 6.42 Å². The number of nitrogens with one attached hydrogen (secondary N) is 1. The van der Waals surface area contributed by atoms with E-state index >= 15 is 0 Å². The van der Waals surface area contributed by atoms with E-state index in [2.05, 4.69) is 72.3 Å². The highest BCUT2D eigenvalue weighted by Crippen LogP contribution is 2.32. The van der Waals surface area contributed by atoms with E-state index in [1.807, 2.05) is 11.3 Å². The summed E-state index contributed by atoms with van der Waals surface area (Å²) in [5.74, 6) is 0. The average molecular weight is 338 g/mol. The molecule has 2 aromatic rings. The number of benzene rings is 1. The fourth-order valence-electron chi connectivity index (χ4n) is 2.24. The second-order valence-corrected chi connectivity index (χ2v) is 6.66. The van der Waals surface area contributed by atoms with Crippen molar-refractivity contribution in [3.63, 3.8) is 0 Å². The van der Waals surface area contributed by atoms with E-state index in [9.17, 15) is 0 Å². The lowest BCUT2D eigenvalue weighted by atomic mass is 10.00. The molecule has 1 unspecified atom stereocenters. The molecule has 0 aliphatic heterocycles. The largest absolute Gasteiger partial charge is 0.306 e. The van der Waals surface area contributed by atoms with Gasteiger partial charge >= 0.3 is 0 Å². The Morgan fingerprint density at radius 1 is 1.21 bits per heavy atom. The first-order valence-corrected chi connectivity index (χ1v) is 8.35. The lowest BCUT2D eigenvalue weighted by Gasteiger charge is -2.20. The third-order valence-corrected chi connectivity index (χ3v) is 5.50. The predicted octanol–water partition coefficient (Wildman–Crippen LogP) is 5.08. The van der Waals surface area contributed by atoms with Gasteiger partial charge in [-0.3, -0.25) is 0 Å². The first kappa shape index (κ1) is 14.8. The van der Waals surface area contributed by atoms with Gasteiger partial charge in [-0.25, -0.2) is 0 Å². The van der Waals surface area contributed by atoms with Crippen molar-refractivity contribution in [2.75, 3.05) is 6.54 Å². The van der Waals surface area contributed by atoms with Crippen molar-refractivity contribution in [1.29, 1.82) is 0 Å². The molecule has 1 N–H and O–H groups in total. The van der Waals surface area contributed by atoms with Crippen molar-refractivity contribution in [2.45, 2.75) is 33.2 Å². The molecule has 1 aromatic carbocycles. The minimum absolute atomic E-state index is 0.299. The highest BCUT2D eigenvalue weighted by Gasteiger charge is 2.17. The van der Waals surface area contributed by atoms with Crippen LogP contribution in [0.25, 0.3) is 0 Å². The number of hydrogen-bond acceptors (Lipinski definition) is 2. The van der Waals surface area contributed by atoms with E-state index in [0.717, 1.165) is 13.0 Å². The maximum atomic E-state index is 3.63. The second-order valence-electron chi connectivity index (χ2n) is 4.60. The van der Waals surface area contributed by atoms with E-state index in [1.54, 1.807) is 0 Å². The van der Waals surface area contributed by atoms with Crippen LogP contribution in [0.4, 0.5) is 0 Å². The van der Waals surface area contributed by atoms with Gasteiger partial charge in [0.15, 0.2) is 0 Å². The first-order valence-electron chi connectivity index (χ1n) is 6.74. The quantitative estimate of drug-likeness (QED) is 0.802. The van der Waals surface area contributed by atoms with Crippen LogP contribution in [0.3, 0.4) is 0 Å². The Hall–Kier alpha value is -0.640. The van der Waals surface area contributed by atoms with Gasteiger partial charge in [0.25, 0.3) is 0 Å². The van der Waals surface area contributed by atoms with Gasteiger partial charge in [0.1, 0.15) is 0 Å². The fourth-order valence-corrected chi connectivity index (χ4v) is 3.67. The van der Waals surface area contributed by atoms with E-state index < -0.39 is 0 Å². The van der Waals surface area contributed by atoms with Gasteiger partial charge in [0.2, 0.25) is 0 Å². The Morgan fingerprint density at radius 3 is 2.63 bits per heavy atom. The van der Waals surface area contributed by atoms with Crippen LogP contribution < -0.4 is 5.32 Å². The molecule has 1 heterocycles. The molecule has 0 fully saturated rings. The molecule has 0 radical (unpaired) electrons. The molecule has 0 bridgehead atoms. The Labute approximate surface area is 128 Å². The Bertz CT molecular complexity index is 547. The SMILES string of the molecule is CCNC(c1ccc(CC)s1)c1cccc(Br)c1C. The molecule has 0 aliphatic rings. The van der Waals surface area contributed by atoms with Gasteiger partial charge in [0.05, 0.1) is 6.04 Å². The van der Waals surface area contributed by atoms with Crippen LogP contribution in [-0.4, -0.2) is 6.54 Å². The molecule has 1 nitrogen and oxygen atoms in total. The molecular formula is C16H20BrNS. The molecule has 1 atom stereocenters. The summed E-state index contributed by atoms with van der Waals surface area (Å²) in [5, 5.41) is 3.61. The standard InChI is InChI=1S/C16H20BrNS/c1-4-12-9-10-15(19-12)16(18-5-2)13-7-6-8-14(17)11(13)3/h6-10,16,18H,4-5H2,1-3H3. The first-order chi connectivity index (χ1) is 9.17. The molecule has 0 spiro atoms. The topological polar surface area (TPSA) is 12.0 Å². The third kappa shape index (κ3) is 3.28. The maximum Gasteiger partial charge on any atom is 0.0674 e. The van der Waals surface area contributed by atoms with E-state index in [0.29, 0.717) is 6.04 Å². The molecule has 0 amide bonds. The van der Waals surface area contributed by atoms with Crippen molar-refractivity contribution in [2.24, 2.45) is 0 Å². The Balaban J connectivity index is 2.42. The van der Waals surface area contributed by atoms with Crippen molar-refractivity contribution in [1.82, 2.24) is 5.32 Å². The number of hydrogen-bond donors (Lipinski definition) is 1. The number of aryl methyl sites for hydroxylation is 1. The molecule has 0 saturated heterocycles. The lowest BCUT2D eigenvalue weighted by molar-refractivity contribution is 0.636. The molecular weight excluding hydrogens is 318 g/mol. The van der Waals surface area contributed by atoms with Gasteiger partial charge in [-0.2, -0.15) is 0 Å². The van der Waals surface area contributed by atoms with Crippen molar-refractivity contribution < 1.29 is 0 Å². The molecule has 19 heavy (non-hydrogen) atoms. The fraction of sp³-hybridized carbons (Fsp3) is 0.375. The highest BCUT2D eigenvalue weighted by atomic mass is 79.9. The van der Waals surface area contributed by atoms with Crippen LogP contribution in [0, 0.1) is 6.92 Å². The van der Waals surface area contributed by atoms with Crippen molar-refractivity contribution in [3.05, 3.63) is 55.7 Å².